The smallest absolute Gasteiger partial charge is 0.197 e. The van der Waals surface area contributed by atoms with Crippen LogP contribution in [0.25, 0.3) is 16.5 Å². The van der Waals surface area contributed by atoms with Crippen molar-refractivity contribution in [3.8, 4) is 17.4 Å². The van der Waals surface area contributed by atoms with Gasteiger partial charge in [-0.1, -0.05) is 37.3 Å². The molecule has 1 aromatic heterocycles. The van der Waals surface area contributed by atoms with Gasteiger partial charge in [0.2, 0.25) is 0 Å². The summed E-state index contributed by atoms with van der Waals surface area (Å²) in [4.78, 5) is 15.3. The van der Waals surface area contributed by atoms with Gasteiger partial charge in [0.05, 0.1) is 23.4 Å². The Hall–Kier alpha value is -4.10. The van der Waals surface area contributed by atoms with Crippen LogP contribution in [0.1, 0.15) is 30.9 Å². The Morgan fingerprint density at radius 1 is 0.973 bits per heavy atom. The van der Waals surface area contributed by atoms with Crippen LogP contribution in [-0.2, 0) is 0 Å². The van der Waals surface area contributed by atoms with Crippen LogP contribution in [-0.4, -0.2) is 47.8 Å². The number of hydrogen-bond donors (Lipinski definition) is 2. The van der Waals surface area contributed by atoms with E-state index < -0.39 is 0 Å². The summed E-state index contributed by atoms with van der Waals surface area (Å²) in [5.41, 5.74) is 3.16. The number of likely N-dealkylation sites (tertiary alicyclic amines) is 1. The average Bonchev–Trinajstić information content (AvgIpc) is 3.50. The van der Waals surface area contributed by atoms with Crippen molar-refractivity contribution in [3.63, 3.8) is 0 Å². The molecule has 6 rings (SSSR count). The Labute approximate surface area is 215 Å². The molecule has 2 N–H and O–H groups in total. The second-order valence-electron chi connectivity index (χ2n) is 9.45. The lowest BCUT2D eigenvalue weighted by Crippen LogP contribution is -2.37. The van der Waals surface area contributed by atoms with Gasteiger partial charge in [0.15, 0.2) is 11.7 Å². The fraction of sp³-hybridized carbons (Fsp3) is 0.267. The molecule has 1 saturated heterocycles. The Morgan fingerprint density at radius 2 is 1.73 bits per heavy atom. The first-order chi connectivity index (χ1) is 18.1. The van der Waals surface area contributed by atoms with Crippen molar-refractivity contribution < 1.29 is 14.6 Å². The van der Waals surface area contributed by atoms with Gasteiger partial charge < -0.3 is 24.5 Å². The molecule has 7 heteroatoms. The van der Waals surface area contributed by atoms with Gasteiger partial charge in [0.1, 0.15) is 17.6 Å². The molecule has 0 bridgehead atoms. The molecule has 0 unspecified atom stereocenters. The zero-order chi connectivity index (χ0) is 25.4. The number of fused-ring (bicyclic) bond motifs is 2. The molecule has 0 atom stereocenters. The maximum absolute atomic E-state index is 11.2. The summed E-state index contributed by atoms with van der Waals surface area (Å²) in [6.45, 7) is 5.39. The number of aromatic nitrogens is 1. The van der Waals surface area contributed by atoms with Crippen molar-refractivity contribution in [2.75, 3.05) is 26.7 Å². The number of aromatic amines is 1. The number of nitrogens with one attached hydrogen (secondary N) is 1. The number of ether oxygens (including phenoxy) is 2. The van der Waals surface area contributed by atoms with Gasteiger partial charge in [-0.25, -0.2) is 9.98 Å². The summed E-state index contributed by atoms with van der Waals surface area (Å²) in [5, 5.41) is 13.5. The molecule has 7 nitrogen and oxygen atoms in total. The zero-order valence-electron chi connectivity index (χ0n) is 21.1. The van der Waals surface area contributed by atoms with Crippen molar-refractivity contribution in [2.45, 2.75) is 25.9 Å². The highest BCUT2D eigenvalue weighted by Crippen LogP contribution is 2.40. The molecule has 3 aromatic carbocycles. The number of H-pyrrole nitrogens is 1. The van der Waals surface area contributed by atoms with E-state index in [-0.39, 0.29) is 12.0 Å². The van der Waals surface area contributed by atoms with E-state index in [9.17, 15) is 5.11 Å². The average molecular weight is 495 g/mol. The Balaban J connectivity index is 1.47. The number of methoxy groups -OCH3 is 1. The van der Waals surface area contributed by atoms with Crippen molar-refractivity contribution in [2.24, 2.45) is 9.98 Å². The largest absolute Gasteiger partial charge is 0.497 e. The van der Waals surface area contributed by atoms with Crippen LogP contribution in [0.4, 0.5) is 0 Å². The van der Waals surface area contributed by atoms with Crippen LogP contribution < -0.4 is 20.2 Å². The van der Waals surface area contributed by atoms with Gasteiger partial charge in [-0.15, -0.1) is 0 Å². The third kappa shape index (κ3) is 4.47. The maximum atomic E-state index is 11.2. The molecule has 1 fully saturated rings. The molecule has 3 heterocycles. The lowest BCUT2D eigenvalue weighted by molar-refractivity contribution is 0.104. The van der Waals surface area contributed by atoms with E-state index >= 15 is 0 Å². The number of benzene rings is 3. The van der Waals surface area contributed by atoms with E-state index in [1.165, 1.54) is 0 Å². The van der Waals surface area contributed by atoms with E-state index in [1.54, 1.807) is 7.11 Å². The van der Waals surface area contributed by atoms with Crippen molar-refractivity contribution >= 4 is 16.5 Å². The molecular formula is C30H30N4O3. The lowest BCUT2D eigenvalue weighted by atomic mass is 9.96. The standard InChI is InChI=1S/C30H30N4O3/c1-3-34-15-13-20(14-16-34)37-22-10-11-24-23(17-22)28(30(35)33-24)27(19-7-5-4-6-8-19)29-31-25-12-9-21(36-2)18-26(25)32-29/h4-12,17-18,20,33,35H,3,13-16H2,1-2H3. The van der Waals surface area contributed by atoms with Crippen molar-refractivity contribution in [1.82, 2.24) is 9.88 Å². The summed E-state index contributed by atoms with van der Waals surface area (Å²) in [6.07, 6.45) is 2.21. The van der Waals surface area contributed by atoms with E-state index in [1.807, 2.05) is 66.7 Å². The van der Waals surface area contributed by atoms with Crippen LogP contribution in [0.3, 0.4) is 0 Å². The molecule has 188 valence electrons. The summed E-state index contributed by atoms with van der Waals surface area (Å²) in [5.74, 6) is 2.15. The van der Waals surface area contributed by atoms with Crippen LogP contribution >= 0.6 is 0 Å². The Kier molecular flexibility index (Phi) is 6.14. The predicted octanol–water partition coefficient (Wildman–Crippen LogP) is 4.42. The Morgan fingerprint density at radius 3 is 2.49 bits per heavy atom. The van der Waals surface area contributed by atoms with Gasteiger partial charge in [-0.05, 0) is 55.3 Å². The molecule has 2 aliphatic rings. The predicted molar refractivity (Wildman–Crippen MR) is 143 cm³/mol. The van der Waals surface area contributed by atoms with Crippen LogP contribution in [0.15, 0.2) is 82.5 Å². The fourth-order valence-electron chi connectivity index (χ4n) is 5.19. The third-order valence-corrected chi connectivity index (χ3v) is 7.21. The van der Waals surface area contributed by atoms with Gasteiger partial charge in [0, 0.05) is 35.6 Å². The minimum atomic E-state index is 0.0775. The van der Waals surface area contributed by atoms with Gasteiger partial charge in [0.25, 0.3) is 0 Å². The van der Waals surface area contributed by atoms with E-state index in [0.717, 1.165) is 76.7 Å². The van der Waals surface area contributed by atoms with E-state index in [2.05, 4.69) is 16.8 Å². The topological polar surface area (TPSA) is 82.4 Å². The maximum Gasteiger partial charge on any atom is 0.197 e. The monoisotopic (exact) mass is 494 g/mol. The van der Waals surface area contributed by atoms with Crippen molar-refractivity contribution in [3.05, 3.63) is 94.4 Å². The second kappa shape index (κ2) is 9.75. The van der Waals surface area contributed by atoms with Crippen LogP contribution in [0.5, 0.6) is 17.4 Å². The molecule has 4 aromatic rings. The molecule has 0 amide bonds. The summed E-state index contributed by atoms with van der Waals surface area (Å²) in [7, 11) is 1.64. The first kappa shape index (κ1) is 23.3. The Bertz CT molecular complexity index is 1600. The number of nitrogens with zero attached hydrogens (tertiary/aromatic N) is 3. The first-order valence-electron chi connectivity index (χ1n) is 12.8. The number of piperidine rings is 1. The normalized spacial score (nSPS) is 17.2. The van der Waals surface area contributed by atoms with E-state index in [4.69, 9.17) is 19.5 Å². The van der Waals surface area contributed by atoms with Crippen LogP contribution in [0.2, 0.25) is 0 Å². The van der Waals surface area contributed by atoms with Gasteiger partial charge in [-0.2, -0.15) is 0 Å². The zero-order valence-corrected chi connectivity index (χ0v) is 21.1. The van der Waals surface area contributed by atoms with Gasteiger partial charge >= 0.3 is 0 Å². The quantitative estimate of drug-likeness (QED) is 0.416. The van der Waals surface area contributed by atoms with Crippen molar-refractivity contribution in [1.29, 1.82) is 0 Å². The second-order valence-corrected chi connectivity index (χ2v) is 9.45. The molecule has 37 heavy (non-hydrogen) atoms. The molecule has 2 aliphatic heterocycles. The third-order valence-electron chi connectivity index (χ3n) is 7.21. The number of hydrogen-bond acceptors (Lipinski definition) is 6. The lowest BCUT2D eigenvalue weighted by Gasteiger charge is -2.31. The van der Waals surface area contributed by atoms with Gasteiger partial charge in [-0.3, -0.25) is 0 Å². The highest BCUT2D eigenvalue weighted by molar-refractivity contribution is 6.01. The summed E-state index contributed by atoms with van der Waals surface area (Å²) >= 11 is 0. The SMILES string of the molecule is CCN1CCC(Oc2ccc3[nH]c(O)c(C(=C4N=c5ccc(OC)cc5=N4)c4ccccc4)c3c2)CC1. The molecule has 0 saturated carbocycles. The summed E-state index contributed by atoms with van der Waals surface area (Å²) in [6, 6.07) is 21.5. The highest BCUT2D eigenvalue weighted by Gasteiger charge is 2.24. The minimum absolute atomic E-state index is 0.0775. The van der Waals surface area contributed by atoms with Crippen LogP contribution in [0, 0.1) is 0 Å². The molecule has 0 spiro atoms. The van der Waals surface area contributed by atoms with E-state index in [0.29, 0.717) is 11.4 Å². The number of aromatic hydroxyl groups is 1. The summed E-state index contributed by atoms with van der Waals surface area (Å²) < 4.78 is 11.8. The number of rotatable bonds is 6. The fourth-order valence-corrected chi connectivity index (χ4v) is 5.19. The first-order valence-corrected chi connectivity index (χ1v) is 12.8. The minimum Gasteiger partial charge on any atom is -0.497 e. The highest BCUT2D eigenvalue weighted by atomic mass is 16.5. The molecular weight excluding hydrogens is 464 g/mol. The molecule has 0 aliphatic carbocycles. The molecule has 0 radical (unpaired) electrons.